The number of rotatable bonds is 2. The molecule has 0 radical (unpaired) electrons. The van der Waals surface area contributed by atoms with Gasteiger partial charge in [-0.1, -0.05) is 18.2 Å². The molecule has 1 aromatic heterocycles. The van der Waals surface area contributed by atoms with Gasteiger partial charge in [0.25, 0.3) is 10.0 Å². The van der Waals surface area contributed by atoms with Crippen molar-refractivity contribution in [2.45, 2.75) is 4.90 Å². The van der Waals surface area contributed by atoms with Gasteiger partial charge in [-0.2, -0.15) is 13.5 Å². The van der Waals surface area contributed by atoms with E-state index < -0.39 is 10.0 Å². The molecule has 0 saturated carbocycles. The molecule has 2 aromatic rings. The van der Waals surface area contributed by atoms with Crippen molar-refractivity contribution >= 4 is 26.0 Å². The lowest BCUT2D eigenvalue weighted by Crippen LogP contribution is -2.14. The summed E-state index contributed by atoms with van der Waals surface area (Å²) in [5.74, 6) is 0. The molecule has 0 N–H and O–H groups in total. The van der Waals surface area contributed by atoms with Crippen molar-refractivity contribution in [2.75, 3.05) is 0 Å². The maximum absolute atomic E-state index is 12.0. The minimum Gasteiger partial charge on any atom is -0.199 e. The lowest BCUT2D eigenvalue weighted by Gasteiger charge is -2.04. The van der Waals surface area contributed by atoms with Crippen molar-refractivity contribution in [2.24, 2.45) is 0 Å². The molecular weight excluding hydrogens is 280 g/mol. The van der Waals surface area contributed by atoms with Gasteiger partial charge in [-0.15, -0.1) is 4.09 Å². The predicted octanol–water partition coefficient (Wildman–Crippen LogP) is 1.88. The maximum Gasteiger partial charge on any atom is 0.283 e. The van der Waals surface area contributed by atoms with Gasteiger partial charge < -0.3 is 0 Å². The molecule has 0 amide bonds. The largest absolute Gasteiger partial charge is 0.283 e. The number of nitrogens with zero attached hydrogens (tertiary/aromatic N) is 2. The van der Waals surface area contributed by atoms with Crippen LogP contribution in [0.1, 0.15) is 0 Å². The zero-order valence-electron chi connectivity index (χ0n) is 7.54. The second kappa shape index (κ2) is 3.79. The summed E-state index contributed by atoms with van der Waals surface area (Å²) in [6.07, 6.45) is 1.42. The Labute approximate surface area is 95.7 Å². The molecule has 0 aliphatic rings. The first-order chi connectivity index (χ1) is 7.12. The molecule has 6 heteroatoms. The van der Waals surface area contributed by atoms with Gasteiger partial charge in [-0.05, 0) is 34.1 Å². The molecule has 0 bridgehead atoms. The lowest BCUT2D eigenvalue weighted by molar-refractivity contribution is 0.578. The Morgan fingerprint density at radius 1 is 1.13 bits per heavy atom. The van der Waals surface area contributed by atoms with Gasteiger partial charge in [0, 0.05) is 0 Å². The van der Waals surface area contributed by atoms with Gasteiger partial charge in [0.1, 0.15) is 4.60 Å². The van der Waals surface area contributed by atoms with Crippen molar-refractivity contribution in [3.63, 3.8) is 0 Å². The second-order valence-corrected chi connectivity index (χ2v) is 5.39. The van der Waals surface area contributed by atoms with E-state index in [1.165, 1.54) is 18.3 Å². The van der Waals surface area contributed by atoms with Crippen molar-refractivity contribution < 1.29 is 8.42 Å². The highest BCUT2D eigenvalue weighted by Crippen LogP contribution is 2.17. The van der Waals surface area contributed by atoms with Crippen molar-refractivity contribution in [1.82, 2.24) is 9.19 Å². The van der Waals surface area contributed by atoms with Gasteiger partial charge in [0.2, 0.25) is 0 Å². The van der Waals surface area contributed by atoms with Crippen LogP contribution in [0.5, 0.6) is 0 Å². The van der Waals surface area contributed by atoms with Gasteiger partial charge in [-0.3, -0.25) is 0 Å². The Bertz CT molecular complexity index is 563. The second-order valence-electron chi connectivity index (χ2n) is 2.81. The molecule has 2 rings (SSSR count). The molecule has 4 nitrogen and oxygen atoms in total. The molecule has 0 atom stereocenters. The van der Waals surface area contributed by atoms with E-state index in [4.69, 9.17) is 0 Å². The predicted molar refractivity (Wildman–Crippen MR) is 59.0 cm³/mol. The minimum atomic E-state index is -3.57. The van der Waals surface area contributed by atoms with Crippen LogP contribution in [-0.4, -0.2) is 17.6 Å². The maximum atomic E-state index is 12.0. The third-order valence-electron chi connectivity index (χ3n) is 1.84. The topological polar surface area (TPSA) is 52.0 Å². The minimum absolute atomic E-state index is 0.217. The van der Waals surface area contributed by atoms with E-state index in [0.717, 1.165) is 4.09 Å². The average Bonchev–Trinajstić information content (AvgIpc) is 2.66. The van der Waals surface area contributed by atoms with Gasteiger partial charge in [0.15, 0.2) is 0 Å². The molecule has 0 fully saturated rings. The number of hydrogen-bond acceptors (Lipinski definition) is 3. The molecule has 1 heterocycles. The van der Waals surface area contributed by atoms with Gasteiger partial charge >= 0.3 is 0 Å². The Hall–Kier alpha value is -1.14. The fourth-order valence-corrected chi connectivity index (χ4v) is 3.09. The van der Waals surface area contributed by atoms with Crippen LogP contribution in [0.15, 0.2) is 52.1 Å². The van der Waals surface area contributed by atoms with Crippen LogP contribution in [0, 0.1) is 0 Å². The molecule has 0 saturated heterocycles. The number of benzene rings is 1. The molecule has 0 aliphatic carbocycles. The summed E-state index contributed by atoms with van der Waals surface area (Å²) < 4.78 is 25.3. The third-order valence-corrected chi connectivity index (χ3v) is 4.28. The van der Waals surface area contributed by atoms with Crippen molar-refractivity contribution in [3.05, 3.63) is 47.2 Å². The van der Waals surface area contributed by atoms with E-state index in [-0.39, 0.29) is 4.90 Å². The summed E-state index contributed by atoms with van der Waals surface area (Å²) in [6.45, 7) is 0. The fourth-order valence-electron chi connectivity index (χ4n) is 1.14. The van der Waals surface area contributed by atoms with Crippen molar-refractivity contribution in [1.29, 1.82) is 0 Å². The van der Waals surface area contributed by atoms with Crippen LogP contribution in [0.3, 0.4) is 0 Å². The average molecular weight is 287 g/mol. The Morgan fingerprint density at radius 3 is 2.33 bits per heavy atom. The molecular formula is C9H7BrN2O2S. The van der Waals surface area contributed by atoms with Gasteiger partial charge in [0.05, 0.1) is 11.1 Å². The van der Waals surface area contributed by atoms with E-state index in [0.29, 0.717) is 4.60 Å². The van der Waals surface area contributed by atoms with E-state index >= 15 is 0 Å². The highest BCUT2D eigenvalue weighted by Gasteiger charge is 2.18. The zero-order chi connectivity index (χ0) is 10.9. The van der Waals surface area contributed by atoms with E-state index in [1.807, 2.05) is 0 Å². The first-order valence-electron chi connectivity index (χ1n) is 4.12. The van der Waals surface area contributed by atoms with Crippen LogP contribution in [-0.2, 0) is 10.0 Å². The smallest absolute Gasteiger partial charge is 0.199 e. The van der Waals surface area contributed by atoms with Crippen LogP contribution in [0.25, 0.3) is 0 Å². The molecule has 0 aliphatic heterocycles. The lowest BCUT2D eigenvalue weighted by atomic mass is 10.4. The first-order valence-corrected chi connectivity index (χ1v) is 6.36. The fraction of sp³-hybridized carbons (Fsp3) is 0. The molecule has 1 aromatic carbocycles. The monoisotopic (exact) mass is 286 g/mol. The van der Waals surface area contributed by atoms with Crippen molar-refractivity contribution in [3.8, 4) is 0 Å². The Balaban J connectivity index is 2.60. The molecule has 0 unspecified atom stereocenters. The van der Waals surface area contributed by atoms with Crippen LogP contribution >= 0.6 is 15.9 Å². The summed E-state index contributed by atoms with van der Waals surface area (Å²) in [7, 11) is -3.57. The standard InChI is InChI=1S/C9H7BrN2O2S/c10-9-6-7-11-12(9)15(13,14)8-4-2-1-3-5-8/h1-7H. The highest BCUT2D eigenvalue weighted by molar-refractivity contribution is 9.10. The van der Waals surface area contributed by atoms with Gasteiger partial charge in [-0.25, -0.2) is 0 Å². The Morgan fingerprint density at radius 2 is 1.80 bits per heavy atom. The van der Waals surface area contributed by atoms with Crippen LogP contribution in [0.4, 0.5) is 0 Å². The first kappa shape index (κ1) is 10.4. The quantitative estimate of drug-likeness (QED) is 0.847. The molecule has 78 valence electrons. The third kappa shape index (κ3) is 1.82. The number of hydrogen-bond donors (Lipinski definition) is 0. The number of aromatic nitrogens is 2. The van der Waals surface area contributed by atoms with Crippen LogP contribution < -0.4 is 0 Å². The Kier molecular flexibility index (Phi) is 2.62. The molecule has 0 spiro atoms. The summed E-state index contributed by atoms with van der Waals surface area (Å²) in [6, 6.07) is 9.74. The SMILES string of the molecule is O=S(=O)(c1ccccc1)n1nccc1Br. The van der Waals surface area contributed by atoms with E-state index in [1.54, 1.807) is 24.3 Å². The zero-order valence-corrected chi connectivity index (χ0v) is 9.94. The highest BCUT2D eigenvalue weighted by atomic mass is 79.9. The van der Waals surface area contributed by atoms with E-state index in [2.05, 4.69) is 21.0 Å². The normalized spacial score (nSPS) is 11.5. The van der Waals surface area contributed by atoms with E-state index in [9.17, 15) is 8.42 Å². The summed E-state index contributed by atoms with van der Waals surface area (Å²) >= 11 is 3.12. The number of halogens is 1. The summed E-state index contributed by atoms with van der Waals surface area (Å²) in [5.41, 5.74) is 0. The summed E-state index contributed by atoms with van der Waals surface area (Å²) in [5, 5.41) is 3.75. The summed E-state index contributed by atoms with van der Waals surface area (Å²) in [4.78, 5) is 0.217. The molecule has 15 heavy (non-hydrogen) atoms. The van der Waals surface area contributed by atoms with Crippen LogP contribution in [0.2, 0.25) is 0 Å².